The molecular formula is C17H20N2O3. The maximum Gasteiger partial charge on any atom is 0.287 e. The number of benzene rings is 1. The number of hydrogen-bond acceptors (Lipinski definition) is 3. The molecule has 5 heteroatoms. The second-order valence-electron chi connectivity index (χ2n) is 5.16. The summed E-state index contributed by atoms with van der Waals surface area (Å²) < 4.78 is 5.01. The molecule has 5 nitrogen and oxygen atoms in total. The zero-order valence-corrected chi connectivity index (χ0v) is 12.8. The maximum atomic E-state index is 11.7. The number of rotatable bonds is 6. The van der Waals surface area contributed by atoms with Crippen LogP contribution in [0.2, 0.25) is 0 Å². The molecule has 2 aromatic rings. The van der Waals surface area contributed by atoms with Crippen LogP contribution in [0, 0.1) is 6.92 Å². The molecule has 0 saturated carbocycles. The predicted octanol–water partition coefficient (Wildman–Crippen LogP) is 2.37. The van der Waals surface area contributed by atoms with Crippen LogP contribution in [0.4, 0.5) is 0 Å². The van der Waals surface area contributed by atoms with Gasteiger partial charge in [-0.15, -0.1) is 0 Å². The third-order valence-electron chi connectivity index (χ3n) is 3.35. The van der Waals surface area contributed by atoms with Crippen LogP contribution < -0.4 is 5.32 Å². The number of nitrogens with one attached hydrogen (secondary N) is 1. The van der Waals surface area contributed by atoms with Crippen LogP contribution in [0.3, 0.4) is 0 Å². The van der Waals surface area contributed by atoms with E-state index in [4.69, 9.17) is 4.42 Å². The van der Waals surface area contributed by atoms with Gasteiger partial charge in [-0.2, -0.15) is 0 Å². The molecule has 1 aromatic heterocycles. The van der Waals surface area contributed by atoms with Gasteiger partial charge < -0.3 is 14.6 Å². The van der Waals surface area contributed by atoms with E-state index in [2.05, 4.69) is 5.32 Å². The summed E-state index contributed by atoms with van der Waals surface area (Å²) in [5.74, 6) is -0.0235. The molecule has 0 aliphatic rings. The third-order valence-corrected chi connectivity index (χ3v) is 3.35. The second-order valence-corrected chi connectivity index (χ2v) is 5.16. The number of hydrogen-bond donors (Lipinski definition) is 1. The Labute approximate surface area is 129 Å². The lowest BCUT2D eigenvalue weighted by atomic mass is 10.1. The van der Waals surface area contributed by atoms with Gasteiger partial charge in [0.25, 0.3) is 5.91 Å². The Hall–Kier alpha value is -2.56. The molecule has 0 unspecified atom stereocenters. The van der Waals surface area contributed by atoms with Crippen molar-refractivity contribution in [1.29, 1.82) is 0 Å². The first-order valence-corrected chi connectivity index (χ1v) is 7.19. The normalized spacial score (nSPS) is 10.3. The highest BCUT2D eigenvalue weighted by Crippen LogP contribution is 2.07. The molecule has 0 aliphatic heterocycles. The third kappa shape index (κ3) is 4.48. The minimum absolute atomic E-state index is 0.0205. The van der Waals surface area contributed by atoms with Gasteiger partial charge in [-0.05, 0) is 24.6 Å². The van der Waals surface area contributed by atoms with Gasteiger partial charge in [0.1, 0.15) is 0 Å². The van der Waals surface area contributed by atoms with Gasteiger partial charge in [0.15, 0.2) is 5.76 Å². The Balaban J connectivity index is 1.85. The zero-order valence-electron chi connectivity index (χ0n) is 12.8. The summed E-state index contributed by atoms with van der Waals surface area (Å²) >= 11 is 0. The van der Waals surface area contributed by atoms with Gasteiger partial charge >= 0.3 is 0 Å². The SMILES string of the molecule is CC(=O)N(CCNC(=O)c1ccco1)Cc1ccc(C)cc1. The highest BCUT2D eigenvalue weighted by atomic mass is 16.3. The van der Waals surface area contributed by atoms with E-state index in [9.17, 15) is 9.59 Å². The van der Waals surface area contributed by atoms with Crippen molar-refractivity contribution in [2.24, 2.45) is 0 Å². The molecule has 0 spiro atoms. The highest BCUT2D eigenvalue weighted by molar-refractivity contribution is 5.91. The van der Waals surface area contributed by atoms with Crippen molar-refractivity contribution in [3.8, 4) is 0 Å². The molecule has 0 bridgehead atoms. The van der Waals surface area contributed by atoms with Gasteiger partial charge in [0.2, 0.25) is 5.91 Å². The fraction of sp³-hybridized carbons (Fsp3) is 0.294. The molecule has 2 rings (SSSR count). The van der Waals surface area contributed by atoms with Gasteiger partial charge in [-0.3, -0.25) is 9.59 Å². The van der Waals surface area contributed by atoms with Crippen LogP contribution in [0.15, 0.2) is 47.1 Å². The summed E-state index contributed by atoms with van der Waals surface area (Å²) in [5, 5.41) is 2.74. The van der Waals surface area contributed by atoms with E-state index in [1.807, 2.05) is 31.2 Å². The van der Waals surface area contributed by atoms with E-state index in [0.717, 1.165) is 5.56 Å². The molecule has 0 fully saturated rings. The molecule has 1 aromatic carbocycles. The van der Waals surface area contributed by atoms with Crippen LogP contribution in [0.5, 0.6) is 0 Å². The average Bonchev–Trinajstić information content (AvgIpc) is 3.02. The summed E-state index contributed by atoms with van der Waals surface area (Å²) in [5.41, 5.74) is 2.25. The minimum atomic E-state index is -0.274. The molecule has 0 saturated heterocycles. The van der Waals surface area contributed by atoms with Crippen LogP contribution in [-0.4, -0.2) is 29.8 Å². The lowest BCUT2D eigenvalue weighted by Gasteiger charge is -2.21. The summed E-state index contributed by atoms with van der Waals surface area (Å²) in [6.07, 6.45) is 1.45. The Morgan fingerprint density at radius 1 is 1.18 bits per heavy atom. The van der Waals surface area contributed by atoms with Gasteiger partial charge in [0, 0.05) is 26.6 Å². The van der Waals surface area contributed by atoms with E-state index >= 15 is 0 Å². The van der Waals surface area contributed by atoms with Crippen molar-refractivity contribution in [2.75, 3.05) is 13.1 Å². The molecule has 1 N–H and O–H groups in total. The lowest BCUT2D eigenvalue weighted by Crippen LogP contribution is -2.37. The largest absolute Gasteiger partial charge is 0.459 e. The maximum absolute atomic E-state index is 11.7. The lowest BCUT2D eigenvalue weighted by molar-refractivity contribution is -0.129. The average molecular weight is 300 g/mol. The van der Waals surface area contributed by atoms with E-state index < -0.39 is 0 Å². The van der Waals surface area contributed by atoms with Crippen LogP contribution in [0.25, 0.3) is 0 Å². The number of aryl methyl sites for hydroxylation is 1. The van der Waals surface area contributed by atoms with Crippen molar-refractivity contribution >= 4 is 11.8 Å². The Morgan fingerprint density at radius 2 is 1.91 bits per heavy atom. The quantitative estimate of drug-likeness (QED) is 0.891. The van der Waals surface area contributed by atoms with Crippen LogP contribution in [0.1, 0.15) is 28.6 Å². The van der Waals surface area contributed by atoms with E-state index in [1.165, 1.54) is 18.8 Å². The Morgan fingerprint density at radius 3 is 2.50 bits per heavy atom. The Bertz CT molecular complexity index is 618. The van der Waals surface area contributed by atoms with Crippen LogP contribution >= 0.6 is 0 Å². The molecule has 2 amide bonds. The van der Waals surface area contributed by atoms with E-state index in [-0.39, 0.29) is 17.6 Å². The first-order valence-electron chi connectivity index (χ1n) is 7.19. The summed E-state index contributed by atoms with van der Waals surface area (Å²) in [4.78, 5) is 25.2. The van der Waals surface area contributed by atoms with Crippen molar-refractivity contribution in [3.63, 3.8) is 0 Å². The summed E-state index contributed by atoms with van der Waals surface area (Å²) in [6.45, 7) is 4.92. The molecule has 116 valence electrons. The number of carbonyl (C=O) groups excluding carboxylic acids is 2. The van der Waals surface area contributed by atoms with E-state index in [0.29, 0.717) is 19.6 Å². The fourth-order valence-corrected chi connectivity index (χ4v) is 2.06. The first-order chi connectivity index (χ1) is 10.6. The molecular weight excluding hydrogens is 280 g/mol. The van der Waals surface area contributed by atoms with E-state index in [1.54, 1.807) is 17.0 Å². The van der Waals surface area contributed by atoms with Crippen molar-refractivity contribution in [3.05, 3.63) is 59.5 Å². The summed E-state index contributed by atoms with van der Waals surface area (Å²) in [7, 11) is 0. The topological polar surface area (TPSA) is 62.6 Å². The van der Waals surface area contributed by atoms with Crippen molar-refractivity contribution in [1.82, 2.24) is 10.2 Å². The predicted molar refractivity (Wildman–Crippen MR) is 83.3 cm³/mol. The monoisotopic (exact) mass is 300 g/mol. The van der Waals surface area contributed by atoms with Crippen LogP contribution in [-0.2, 0) is 11.3 Å². The number of carbonyl (C=O) groups is 2. The highest BCUT2D eigenvalue weighted by Gasteiger charge is 2.11. The zero-order chi connectivity index (χ0) is 15.9. The number of nitrogens with zero attached hydrogens (tertiary/aromatic N) is 1. The number of amides is 2. The first kappa shape index (κ1) is 15.8. The number of furan rings is 1. The summed E-state index contributed by atoms with van der Waals surface area (Å²) in [6, 6.07) is 11.3. The molecule has 1 heterocycles. The smallest absolute Gasteiger partial charge is 0.287 e. The second kappa shape index (κ2) is 7.45. The fourth-order valence-electron chi connectivity index (χ4n) is 2.06. The standard InChI is InChI=1S/C17H20N2O3/c1-13-5-7-15(8-6-13)12-19(14(2)20)10-9-18-17(21)16-4-3-11-22-16/h3-8,11H,9-10,12H2,1-2H3,(H,18,21). The molecule has 0 aliphatic carbocycles. The van der Waals surface area contributed by atoms with Crippen molar-refractivity contribution in [2.45, 2.75) is 20.4 Å². The minimum Gasteiger partial charge on any atom is -0.459 e. The molecule has 0 atom stereocenters. The van der Waals surface area contributed by atoms with Crippen molar-refractivity contribution < 1.29 is 14.0 Å². The Kier molecular flexibility index (Phi) is 5.36. The molecule has 22 heavy (non-hydrogen) atoms. The van der Waals surface area contributed by atoms with Gasteiger partial charge in [-0.25, -0.2) is 0 Å². The molecule has 0 radical (unpaired) electrons. The van der Waals surface area contributed by atoms with Gasteiger partial charge in [0.05, 0.1) is 6.26 Å². The van der Waals surface area contributed by atoms with Gasteiger partial charge in [-0.1, -0.05) is 29.8 Å².